The molecule has 0 spiro atoms. The molecule has 3 rings (SSSR count). The zero-order valence-electron chi connectivity index (χ0n) is 11.8. The number of halogens is 2. The van der Waals surface area contributed by atoms with E-state index in [2.05, 4.69) is 86.6 Å². The second-order valence-corrected chi connectivity index (χ2v) is 8.27. The van der Waals surface area contributed by atoms with Crippen LogP contribution in [0.5, 0.6) is 0 Å². The van der Waals surface area contributed by atoms with Gasteiger partial charge in [-0.15, -0.1) is 11.3 Å². The fourth-order valence-electron chi connectivity index (χ4n) is 2.61. The number of hydrogen-bond donors (Lipinski definition) is 1. The Kier molecular flexibility index (Phi) is 4.50. The standard InChI is InChI=1S/C17H15Br2NS/c1-10-9-15(21-17(10)19)16(20-2)13-7-8-14(18)12-6-4-3-5-11(12)13/h3-9,16,20H,1-2H3. The number of hydrogen-bond acceptors (Lipinski definition) is 2. The van der Waals surface area contributed by atoms with Gasteiger partial charge in [-0.25, -0.2) is 0 Å². The molecule has 0 amide bonds. The zero-order valence-corrected chi connectivity index (χ0v) is 15.8. The molecule has 0 bridgehead atoms. The number of nitrogens with one attached hydrogen (secondary N) is 1. The van der Waals surface area contributed by atoms with E-state index in [0.717, 1.165) is 4.47 Å². The zero-order chi connectivity index (χ0) is 15.0. The van der Waals surface area contributed by atoms with Crippen LogP contribution in [-0.4, -0.2) is 7.05 Å². The van der Waals surface area contributed by atoms with Crippen molar-refractivity contribution >= 4 is 54.0 Å². The van der Waals surface area contributed by atoms with Crippen molar-refractivity contribution < 1.29 is 0 Å². The van der Waals surface area contributed by atoms with Gasteiger partial charge in [0.1, 0.15) is 0 Å². The molecule has 108 valence electrons. The number of fused-ring (bicyclic) bond motifs is 1. The van der Waals surface area contributed by atoms with Crippen molar-refractivity contribution in [3.8, 4) is 0 Å². The number of thiophene rings is 1. The van der Waals surface area contributed by atoms with Gasteiger partial charge in [0.2, 0.25) is 0 Å². The monoisotopic (exact) mass is 423 g/mol. The van der Waals surface area contributed by atoms with Gasteiger partial charge in [-0.1, -0.05) is 46.3 Å². The SMILES string of the molecule is CNC(c1cc(C)c(Br)s1)c1ccc(Br)c2ccccc12. The average molecular weight is 425 g/mol. The van der Waals surface area contributed by atoms with Gasteiger partial charge in [0.15, 0.2) is 0 Å². The van der Waals surface area contributed by atoms with Gasteiger partial charge in [-0.3, -0.25) is 0 Å². The Morgan fingerprint density at radius 3 is 2.38 bits per heavy atom. The first kappa shape index (κ1) is 15.2. The van der Waals surface area contributed by atoms with E-state index in [1.165, 1.54) is 30.6 Å². The van der Waals surface area contributed by atoms with Crippen LogP contribution in [0.3, 0.4) is 0 Å². The van der Waals surface area contributed by atoms with Crippen LogP contribution >= 0.6 is 43.2 Å². The first-order valence-corrected chi connectivity index (χ1v) is 9.12. The number of rotatable bonds is 3. The van der Waals surface area contributed by atoms with Gasteiger partial charge in [0.05, 0.1) is 9.83 Å². The van der Waals surface area contributed by atoms with Crippen LogP contribution in [0.2, 0.25) is 0 Å². The van der Waals surface area contributed by atoms with Gasteiger partial charge >= 0.3 is 0 Å². The van der Waals surface area contributed by atoms with Crippen LogP contribution in [0.15, 0.2) is 50.7 Å². The fourth-order valence-corrected chi connectivity index (χ4v) is 4.79. The van der Waals surface area contributed by atoms with Crippen LogP contribution in [0, 0.1) is 6.92 Å². The van der Waals surface area contributed by atoms with E-state index in [4.69, 9.17) is 0 Å². The van der Waals surface area contributed by atoms with Crippen LogP contribution in [0.1, 0.15) is 22.0 Å². The summed E-state index contributed by atoms with van der Waals surface area (Å²) in [5, 5.41) is 6.00. The fraction of sp³-hybridized carbons (Fsp3) is 0.176. The third-order valence-electron chi connectivity index (χ3n) is 3.67. The Bertz CT molecular complexity index is 775. The molecule has 0 fully saturated rings. The van der Waals surface area contributed by atoms with Gasteiger partial charge < -0.3 is 5.32 Å². The van der Waals surface area contributed by atoms with Crippen LogP contribution in [0.4, 0.5) is 0 Å². The van der Waals surface area contributed by atoms with Crippen molar-refractivity contribution in [3.05, 3.63) is 66.7 Å². The van der Waals surface area contributed by atoms with Gasteiger partial charge in [0, 0.05) is 9.35 Å². The highest BCUT2D eigenvalue weighted by Gasteiger charge is 2.18. The summed E-state index contributed by atoms with van der Waals surface area (Å²) in [5.74, 6) is 0. The molecule has 0 saturated heterocycles. The summed E-state index contributed by atoms with van der Waals surface area (Å²) in [6.07, 6.45) is 0. The second-order valence-electron chi connectivity index (χ2n) is 5.01. The van der Waals surface area contributed by atoms with Gasteiger partial charge in [0.25, 0.3) is 0 Å². The molecule has 1 atom stereocenters. The molecule has 2 aromatic carbocycles. The first-order valence-electron chi connectivity index (χ1n) is 6.72. The maximum atomic E-state index is 3.65. The molecule has 1 unspecified atom stereocenters. The van der Waals surface area contributed by atoms with Crippen molar-refractivity contribution in [1.82, 2.24) is 5.32 Å². The van der Waals surface area contributed by atoms with E-state index in [0.29, 0.717) is 0 Å². The molecule has 0 radical (unpaired) electrons. The highest BCUT2D eigenvalue weighted by molar-refractivity contribution is 9.11. The summed E-state index contributed by atoms with van der Waals surface area (Å²) < 4.78 is 2.35. The van der Waals surface area contributed by atoms with E-state index >= 15 is 0 Å². The van der Waals surface area contributed by atoms with Gasteiger partial charge in [-0.05, 0) is 63.9 Å². The Morgan fingerprint density at radius 2 is 1.76 bits per heavy atom. The topological polar surface area (TPSA) is 12.0 Å². The number of benzene rings is 2. The molecule has 21 heavy (non-hydrogen) atoms. The van der Waals surface area contributed by atoms with Crippen molar-refractivity contribution in [1.29, 1.82) is 0 Å². The molecule has 0 aliphatic rings. The summed E-state index contributed by atoms with van der Waals surface area (Å²) in [5.41, 5.74) is 2.60. The minimum Gasteiger partial charge on any atom is -0.309 e. The van der Waals surface area contributed by atoms with Crippen molar-refractivity contribution in [2.45, 2.75) is 13.0 Å². The predicted molar refractivity (Wildman–Crippen MR) is 99.3 cm³/mol. The van der Waals surface area contributed by atoms with E-state index in [1.54, 1.807) is 11.3 Å². The molecular weight excluding hydrogens is 410 g/mol. The summed E-state index contributed by atoms with van der Waals surface area (Å²) in [6, 6.07) is 15.3. The highest BCUT2D eigenvalue weighted by atomic mass is 79.9. The molecule has 3 aromatic rings. The third-order valence-corrected chi connectivity index (χ3v) is 6.56. The summed E-state index contributed by atoms with van der Waals surface area (Å²) >= 11 is 9.08. The molecule has 1 nitrogen and oxygen atoms in total. The lowest BCUT2D eigenvalue weighted by molar-refractivity contribution is 0.709. The molecule has 1 N–H and O–H groups in total. The minimum absolute atomic E-state index is 0.206. The maximum absolute atomic E-state index is 3.65. The van der Waals surface area contributed by atoms with Crippen LogP contribution < -0.4 is 5.32 Å². The smallest absolute Gasteiger partial charge is 0.0731 e. The highest BCUT2D eigenvalue weighted by Crippen LogP contribution is 2.37. The lowest BCUT2D eigenvalue weighted by atomic mass is 9.97. The lowest BCUT2D eigenvalue weighted by Crippen LogP contribution is -2.16. The average Bonchev–Trinajstić information content (AvgIpc) is 2.82. The molecule has 0 aliphatic heterocycles. The lowest BCUT2D eigenvalue weighted by Gasteiger charge is -2.18. The summed E-state index contributed by atoms with van der Waals surface area (Å²) in [6.45, 7) is 2.14. The molecule has 0 saturated carbocycles. The Hall–Kier alpha value is -0.680. The summed E-state index contributed by atoms with van der Waals surface area (Å²) in [4.78, 5) is 1.33. The van der Waals surface area contributed by atoms with E-state index < -0.39 is 0 Å². The third kappa shape index (κ3) is 2.82. The Morgan fingerprint density at radius 1 is 1.05 bits per heavy atom. The minimum atomic E-state index is 0.206. The van der Waals surface area contributed by atoms with Crippen molar-refractivity contribution in [2.24, 2.45) is 0 Å². The molecule has 4 heteroatoms. The first-order chi connectivity index (χ1) is 10.1. The van der Waals surface area contributed by atoms with E-state index in [-0.39, 0.29) is 6.04 Å². The second kappa shape index (κ2) is 6.21. The van der Waals surface area contributed by atoms with Crippen LogP contribution in [0.25, 0.3) is 10.8 Å². The molecule has 1 heterocycles. The molecule has 1 aromatic heterocycles. The van der Waals surface area contributed by atoms with Crippen molar-refractivity contribution in [2.75, 3.05) is 7.05 Å². The Labute approximate surface area is 145 Å². The van der Waals surface area contributed by atoms with E-state index in [9.17, 15) is 0 Å². The Balaban J connectivity index is 2.20. The van der Waals surface area contributed by atoms with Crippen LogP contribution in [-0.2, 0) is 0 Å². The van der Waals surface area contributed by atoms with E-state index in [1.807, 2.05) is 7.05 Å². The number of aryl methyl sites for hydroxylation is 1. The largest absolute Gasteiger partial charge is 0.309 e. The quantitative estimate of drug-likeness (QED) is 0.540. The predicted octanol–water partition coefficient (Wildman–Crippen LogP) is 6.04. The van der Waals surface area contributed by atoms with Crippen molar-refractivity contribution in [3.63, 3.8) is 0 Å². The van der Waals surface area contributed by atoms with Gasteiger partial charge in [-0.2, -0.15) is 0 Å². The molecule has 0 aliphatic carbocycles. The summed E-state index contributed by atoms with van der Waals surface area (Å²) in [7, 11) is 2.02. The normalized spacial score (nSPS) is 12.8. The molecular formula is C17H15Br2NS. The maximum Gasteiger partial charge on any atom is 0.0731 e.